The van der Waals surface area contributed by atoms with Crippen molar-refractivity contribution >= 4 is 10.9 Å². The van der Waals surface area contributed by atoms with E-state index in [4.69, 9.17) is 24.7 Å². The van der Waals surface area contributed by atoms with Crippen LogP contribution < -0.4 is 5.73 Å². The van der Waals surface area contributed by atoms with E-state index in [2.05, 4.69) is 53.6 Å². The molecule has 1 aliphatic rings. The van der Waals surface area contributed by atoms with Crippen LogP contribution in [0.15, 0.2) is 91.1 Å². The number of nitrogens with two attached hydrogens (primary N) is 1. The van der Waals surface area contributed by atoms with Crippen molar-refractivity contribution in [2.75, 3.05) is 19.8 Å². The molecule has 0 radical (unpaired) electrons. The van der Waals surface area contributed by atoms with E-state index in [9.17, 15) is 5.11 Å². The average Bonchev–Trinajstić information content (AvgIpc) is 3.44. The maximum absolute atomic E-state index is 11.4. The van der Waals surface area contributed by atoms with Crippen LogP contribution in [0, 0.1) is 5.92 Å². The number of H-pyrrole nitrogens is 1. The Balaban J connectivity index is 1.35. The zero-order valence-electron chi connectivity index (χ0n) is 24.3. The van der Waals surface area contributed by atoms with Gasteiger partial charge in [0.15, 0.2) is 6.29 Å². The molecule has 0 spiro atoms. The molecule has 0 bridgehead atoms. The van der Waals surface area contributed by atoms with Crippen LogP contribution in [0.25, 0.3) is 10.9 Å². The maximum atomic E-state index is 11.4. The Morgan fingerprint density at radius 3 is 2.17 bits per heavy atom. The monoisotopic (exact) mass is 572 g/mol. The van der Waals surface area contributed by atoms with Crippen LogP contribution in [0.1, 0.15) is 42.4 Å². The van der Waals surface area contributed by atoms with Crippen molar-refractivity contribution < 1.29 is 24.1 Å². The van der Waals surface area contributed by atoms with Gasteiger partial charge in [-0.3, -0.25) is 0 Å². The highest BCUT2D eigenvalue weighted by Gasteiger charge is 2.46. The summed E-state index contributed by atoms with van der Waals surface area (Å²) in [4.78, 5) is 3.37. The highest BCUT2D eigenvalue weighted by molar-refractivity contribution is 5.83. The second-order valence-corrected chi connectivity index (χ2v) is 11.1. The Morgan fingerprint density at radius 2 is 1.45 bits per heavy atom. The molecule has 0 aliphatic carbocycles. The molecule has 4 aromatic rings. The van der Waals surface area contributed by atoms with Gasteiger partial charge in [0.25, 0.3) is 0 Å². The second kappa shape index (κ2) is 16.0. The minimum absolute atomic E-state index is 0.288. The van der Waals surface area contributed by atoms with E-state index >= 15 is 0 Å². The summed E-state index contributed by atoms with van der Waals surface area (Å²) in [5.74, 6) is -0.288. The first kappa shape index (κ1) is 30.4. The number of aliphatic hydroxyl groups is 1. The summed E-state index contributed by atoms with van der Waals surface area (Å²) in [5, 5.41) is 12.6. The van der Waals surface area contributed by atoms with E-state index < -0.39 is 24.6 Å². The number of hydrogen-bond donors (Lipinski definition) is 3. The van der Waals surface area contributed by atoms with Gasteiger partial charge in [-0.2, -0.15) is 0 Å². The Morgan fingerprint density at radius 1 is 0.786 bits per heavy atom. The number of unbranched alkanes of at least 4 members (excludes halogenated alkanes) is 2. The summed E-state index contributed by atoms with van der Waals surface area (Å²) in [6.07, 6.45) is 4.17. The highest BCUT2D eigenvalue weighted by atomic mass is 16.7. The molecule has 5 rings (SSSR count). The largest absolute Gasteiger partial charge is 0.379 e. The van der Waals surface area contributed by atoms with Gasteiger partial charge < -0.3 is 34.8 Å². The minimum Gasteiger partial charge on any atom is -0.379 e. The number of benzene rings is 3. The Labute approximate surface area is 248 Å². The molecule has 4 N–H and O–H groups in total. The Kier molecular flexibility index (Phi) is 11.6. The third-order valence-corrected chi connectivity index (χ3v) is 8.06. The molecule has 1 saturated heterocycles. The van der Waals surface area contributed by atoms with Gasteiger partial charge in [-0.25, -0.2) is 0 Å². The Bertz CT molecular complexity index is 1310. The van der Waals surface area contributed by atoms with E-state index in [1.807, 2.05) is 42.5 Å². The molecule has 1 aliphatic heterocycles. The van der Waals surface area contributed by atoms with E-state index in [1.165, 1.54) is 10.9 Å². The van der Waals surface area contributed by atoms with Crippen LogP contribution in [0.3, 0.4) is 0 Å². The van der Waals surface area contributed by atoms with Crippen LogP contribution >= 0.6 is 0 Å². The standard InChI is InChI=1S/C35H44N2O5/c36-20-10-3-11-21-39-25-32-34(41-24-27-14-6-2-7-15-27)33(40-23-26-12-4-1-5-13-26)30(35(38)42-32)19-18-28-22-37-31-17-9-8-16-29(28)31/h1-2,4-9,12-17,22,30,32-35,37-38H,3,10-11,18-21,23-25,36H2/t30-,32-,33-,34-,35-/m1/s1. The lowest BCUT2D eigenvalue weighted by atomic mass is 9.86. The summed E-state index contributed by atoms with van der Waals surface area (Å²) < 4.78 is 25.6. The molecule has 0 saturated carbocycles. The third kappa shape index (κ3) is 8.28. The second-order valence-electron chi connectivity index (χ2n) is 11.1. The van der Waals surface area contributed by atoms with Gasteiger partial charge in [-0.1, -0.05) is 78.9 Å². The van der Waals surface area contributed by atoms with E-state index in [-0.39, 0.29) is 5.92 Å². The predicted molar refractivity (Wildman–Crippen MR) is 165 cm³/mol. The predicted octanol–water partition coefficient (Wildman–Crippen LogP) is 5.75. The van der Waals surface area contributed by atoms with Gasteiger partial charge in [0, 0.05) is 29.6 Å². The van der Waals surface area contributed by atoms with Crippen molar-refractivity contribution in [3.05, 3.63) is 108 Å². The summed E-state index contributed by atoms with van der Waals surface area (Å²) >= 11 is 0. The zero-order chi connectivity index (χ0) is 29.0. The molecular formula is C35H44N2O5. The van der Waals surface area contributed by atoms with Gasteiger partial charge in [-0.05, 0) is 61.4 Å². The molecule has 42 heavy (non-hydrogen) atoms. The summed E-state index contributed by atoms with van der Waals surface area (Å²) in [5.41, 5.74) is 10.1. The van der Waals surface area contributed by atoms with E-state index in [0.29, 0.717) is 39.4 Å². The molecule has 7 nitrogen and oxygen atoms in total. The zero-order valence-corrected chi connectivity index (χ0v) is 24.3. The van der Waals surface area contributed by atoms with E-state index in [1.54, 1.807) is 0 Å². The topological polar surface area (TPSA) is 99.0 Å². The molecular weight excluding hydrogens is 528 g/mol. The van der Waals surface area contributed by atoms with Crippen molar-refractivity contribution in [1.82, 2.24) is 4.98 Å². The number of fused-ring (bicyclic) bond motifs is 1. The van der Waals surface area contributed by atoms with Crippen molar-refractivity contribution in [2.24, 2.45) is 11.7 Å². The minimum atomic E-state index is -1.00. The molecule has 1 fully saturated rings. The lowest BCUT2D eigenvalue weighted by Gasteiger charge is -2.45. The molecule has 3 aromatic carbocycles. The van der Waals surface area contributed by atoms with Gasteiger partial charge in [0.1, 0.15) is 12.2 Å². The quantitative estimate of drug-likeness (QED) is 0.148. The SMILES string of the molecule is NCCCCCOC[C@H]1O[C@@H](O)[C@H](CCc2c[nH]c3ccccc23)[C@@H](OCc2ccccc2)[C@@H]1OCc1ccccc1. The molecule has 5 atom stereocenters. The number of rotatable bonds is 16. The van der Waals surface area contributed by atoms with Gasteiger partial charge in [0.05, 0.1) is 25.9 Å². The van der Waals surface area contributed by atoms with Crippen LogP contribution in [0.2, 0.25) is 0 Å². The highest BCUT2D eigenvalue weighted by Crippen LogP contribution is 2.35. The molecule has 224 valence electrons. The van der Waals surface area contributed by atoms with Crippen LogP contribution in [0.5, 0.6) is 0 Å². The number of para-hydroxylation sites is 1. The van der Waals surface area contributed by atoms with E-state index in [0.717, 1.165) is 42.3 Å². The normalized spacial score (nSPS) is 22.5. The summed E-state index contributed by atoms with van der Waals surface area (Å²) in [6, 6.07) is 28.5. The number of aliphatic hydroxyl groups excluding tert-OH is 1. The van der Waals surface area contributed by atoms with Gasteiger partial charge in [0.2, 0.25) is 0 Å². The molecule has 2 heterocycles. The van der Waals surface area contributed by atoms with Crippen molar-refractivity contribution in [3.8, 4) is 0 Å². The molecule has 7 heteroatoms. The van der Waals surface area contributed by atoms with Crippen molar-refractivity contribution in [2.45, 2.75) is 69.9 Å². The fourth-order valence-corrected chi connectivity index (χ4v) is 5.76. The number of aryl methyl sites for hydroxylation is 1. The maximum Gasteiger partial charge on any atom is 0.160 e. The first-order chi connectivity index (χ1) is 20.7. The fraction of sp³-hybridized carbons (Fsp3) is 0.429. The van der Waals surface area contributed by atoms with Crippen molar-refractivity contribution in [3.63, 3.8) is 0 Å². The lowest BCUT2D eigenvalue weighted by Crippen LogP contribution is -2.57. The lowest BCUT2D eigenvalue weighted by molar-refractivity contribution is -0.293. The van der Waals surface area contributed by atoms with Crippen LogP contribution in [-0.4, -0.2) is 54.5 Å². The molecule has 1 aromatic heterocycles. The summed E-state index contributed by atoms with van der Waals surface area (Å²) in [7, 11) is 0. The molecule has 0 unspecified atom stereocenters. The average molecular weight is 573 g/mol. The first-order valence-corrected chi connectivity index (χ1v) is 15.2. The number of aromatic amines is 1. The van der Waals surface area contributed by atoms with Crippen molar-refractivity contribution in [1.29, 1.82) is 0 Å². The first-order valence-electron chi connectivity index (χ1n) is 15.2. The number of ether oxygens (including phenoxy) is 4. The van der Waals surface area contributed by atoms with Gasteiger partial charge >= 0.3 is 0 Å². The number of hydrogen-bond acceptors (Lipinski definition) is 6. The van der Waals surface area contributed by atoms with Crippen LogP contribution in [-0.2, 0) is 38.6 Å². The molecule has 0 amide bonds. The van der Waals surface area contributed by atoms with Crippen LogP contribution in [0.4, 0.5) is 0 Å². The number of nitrogens with one attached hydrogen (secondary N) is 1. The fourth-order valence-electron chi connectivity index (χ4n) is 5.76. The third-order valence-electron chi connectivity index (χ3n) is 8.06. The smallest absolute Gasteiger partial charge is 0.160 e. The number of aromatic nitrogens is 1. The van der Waals surface area contributed by atoms with Gasteiger partial charge in [-0.15, -0.1) is 0 Å². The Hall–Kier alpha value is -3.04. The summed E-state index contributed by atoms with van der Waals surface area (Å²) in [6.45, 7) is 2.45.